The third kappa shape index (κ3) is 2.41. The summed E-state index contributed by atoms with van der Waals surface area (Å²) in [7, 11) is 0. The number of pyridine rings is 1. The normalized spacial score (nSPS) is 9.64. The Morgan fingerprint density at radius 1 is 1.64 bits per heavy atom. The average Bonchev–Trinajstić information content (AvgIpc) is 2.03. The molecule has 0 bridgehead atoms. The van der Waals surface area contributed by atoms with Gasteiger partial charge in [-0.25, -0.2) is 4.98 Å². The molecule has 1 rings (SSSR count). The van der Waals surface area contributed by atoms with Crippen molar-refractivity contribution in [3.8, 4) is 0 Å². The summed E-state index contributed by atoms with van der Waals surface area (Å²) >= 11 is 7.67. The van der Waals surface area contributed by atoms with Gasteiger partial charge >= 0.3 is 0 Å². The van der Waals surface area contributed by atoms with Gasteiger partial charge in [-0.1, -0.05) is 0 Å². The van der Waals surface area contributed by atoms with E-state index in [9.17, 15) is 4.79 Å². The van der Waals surface area contributed by atoms with Gasteiger partial charge in [0.15, 0.2) is 6.29 Å². The van der Waals surface area contributed by atoms with Crippen LogP contribution in [-0.4, -0.2) is 11.3 Å². The molecule has 58 valence electrons. The Labute approximate surface area is 83.1 Å². The lowest BCUT2D eigenvalue weighted by Crippen LogP contribution is -1.93. The van der Waals surface area contributed by atoms with E-state index < -0.39 is 0 Å². The zero-order chi connectivity index (χ0) is 8.27. The first kappa shape index (κ1) is 8.93. The molecule has 0 N–H and O–H groups in total. The van der Waals surface area contributed by atoms with E-state index in [-0.39, 0.29) is 0 Å². The van der Waals surface area contributed by atoms with Gasteiger partial charge in [0.1, 0.15) is 5.69 Å². The van der Waals surface area contributed by atoms with E-state index in [4.69, 9.17) is 11.6 Å². The summed E-state index contributed by atoms with van der Waals surface area (Å²) in [4.78, 5) is 14.3. The van der Waals surface area contributed by atoms with Crippen LogP contribution in [0.2, 0.25) is 0 Å². The van der Waals surface area contributed by atoms with Crippen LogP contribution in [0.4, 0.5) is 0 Å². The number of nitrogens with zero attached hydrogens (tertiary/aromatic N) is 1. The molecule has 0 saturated carbocycles. The quantitative estimate of drug-likeness (QED) is 0.473. The molecule has 1 heterocycles. The number of carbonyl (C=O) groups excluding carboxylic acids is 1. The molecule has 0 aliphatic rings. The maximum absolute atomic E-state index is 10.3. The van der Waals surface area contributed by atoms with Crippen molar-refractivity contribution in [3.05, 3.63) is 27.1 Å². The van der Waals surface area contributed by atoms with Crippen molar-refractivity contribution < 1.29 is 4.79 Å². The smallest absolute Gasteiger partial charge is 0.168 e. The first-order chi connectivity index (χ1) is 5.26. The highest BCUT2D eigenvalue weighted by molar-refractivity contribution is 14.1. The van der Waals surface area contributed by atoms with E-state index in [1.54, 1.807) is 6.07 Å². The molecule has 0 atom stereocenters. The zero-order valence-corrected chi connectivity index (χ0v) is 8.46. The summed E-state index contributed by atoms with van der Waals surface area (Å²) in [5, 5.41) is 0. The van der Waals surface area contributed by atoms with Gasteiger partial charge in [-0.2, -0.15) is 0 Å². The predicted molar refractivity (Wildman–Crippen MR) is 51.9 cm³/mol. The van der Waals surface area contributed by atoms with Gasteiger partial charge in [-0.3, -0.25) is 4.79 Å². The number of aldehydes is 1. The van der Waals surface area contributed by atoms with E-state index in [0.29, 0.717) is 11.6 Å². The third-order valence-electron chi connectivity index (χ3n) is 1.12. The summed E-state index contributed by atoms with van der Waals surface area (Å²) in [6.45, 7) is 0. The van der Waals surface area contributed by atoms with Crippen molar-refractivity contribution >= 4 is 40.5 Å². The summed E-state index contributed by atoms with van der Waals surface area (Å²) < 4.78 is 0.982. The number of hydrogen-bond acceptors (Lipinski definition) is 2. The van der Waals surface area contributed by atoms with Crippen LogP contribution in [0, 0.1) is 3.57 Å². The van der Waals surface area contributed by atoms with Crippen LogP contribution in [0.5, 0.6) is 0 Å². The van der Waals surface area contributed by atoms with E-state index in [1.165, 1.54) is 0 Å². The molecule has 0 radical (unpaired) electrons. The average molecular weight is 281 g/mol. The van der Waals surface area contributed by atoms with Crippen molar-refractivity contribution in [1.82, 2.24) is 4.98 Å². The van der Waals surface area contributed by atoms with Gasteiger partial charge in [-0.15, -0.1) is 11.6 Å². The fourth-order valence-corrected chi connectivity index (χ4v) is 1.52. The van der Waals surface area contributed by atoms with Crippen molar-refractivity contribution in [2.45, 2.75) is 5.88 Å². The molecule has 0 amide bonds. The first-order valence-corrected chi connectivity index (χ1v) is 4.55. The van der Waals surface area contributed by atoms with Crippen LogP contribution in [0.15, 0.2) is 12.1 Å². The van der Waals surface area contributed by atoms with Crippen molar-refractivity contribution in [2.75, 3.05) is 0 Å². The van der Waals surface area contributed by atoms with Crippen LogP contribution < -0.4 is 0 Å². The van der Waals surface area contributed by atoms with Crippen LogP contribution in [0.1, 0.15) is 16.2 Å². The lowest BCUT2D eigenvalue weighted by atomic mass is 10.3. The molecule has 0 aromatic carbocycles. The minimum Gasteiger partial charge on any atom is -0.296 e. The highest BCUT2D eigenvalue weighted by Gasteiger charge is 1.98. The molecule has 4 heteroatoms. The summed E-state index contributed by atoms with van der Waals surface area (Å²) in [5.74, 6) is 0.345. The van der Waals surface area contributed by atoms with Crippen LogP contribution in [0.3, 0.4) is 0 Å². The zero-order valence-electron chi connectivity index (χ0n) is 5.55. The summed E-state index contributed by atoms with van der Waals surface area (Å²) in [6.07, 6.45) is 0.720. The maximum Gasteiger partial charge on any atom is 0.168 e. The number of hydrogen-bond donors (Lipinski definition) is 0. The summed E-state index contributed by atoms with van der Waals surface area (Å²) in [6, 6.07) is 3.56. The Morgan fingerprint density at radius 3 is 2.91 bits per heavy atom. The van der Waals surface area contributed by atoms with Gasteiger partial charge < -0.3 is 0 Å². The predicted octanol–water partition coefficient (Wildman–Crippen LogP) is 2.24. The van der Waals surface area contributed by atoms with Crippen molar-refractivity contribution in [1.29, 1.82) is 0 Å². The number of alkyl halides is 1. The highest BCUT2D eigenvalue weighted by atomic mass is 127. The molecule has 0 unspecified atom stereocenters. The number of halogens is 2. The number of carbonyl (C=O) groups is 1. The Bertz CT molecular complexity index is 277. The number of aromatic nitrogens is 1. The standard InChI is InChI=1S/C7H5ClINO/c8-3-6-1-5(9)2-7(4-11)10-6/h1-2,4H,3H2. The van der Waals surface area contributed by atoms with E-state index in [1.807, 2.05) is 6.07 Å². The van der Waals surface area contributed by atoms with Gasteiger partial charge in [0.2, 0.25) is 0 Å². The monoisotopic (exact) mass is 281 g/mol. The van der Waals surface area contributed by atoms with Gasteiger partial charge in [0.05, 0.1) is 11.6 Å². The molecule has 0 fully saturated rings. The Morgan fingerprint density at radius 2 is 2.36 bits per heavy atom. The van der Waals surface area contributed by atoms with Gasteiger partial charge in [-0.05, 0) is 34.7 Å². The minimum absolute atomic E-state index is 0.345. The second-order valence-electron chi connectivity index (χ2n) is 1.95. The van der Waals surface area contributed by atoms with Crippen molar-refractivity contribution in [3.63, 3.8) is 0 Å². The second-order valence-corrected chi connectivity index (χ2v) is 3.47. The van der Waals surface area contributed by atoms with E-state index in [0.717, 1.165) is 15.6 Å². The fourth-order valence-electron chi connectivity index (χ4n) is 0.701. The molecule has 0 aliphatic carbocycles. The molecular weight excluding hydrogens is 276 g/mol. The molecule has 1 aromatic rings. The van der Waals surface area contributed by atoms with Gasteiger partial charge in [0, 0.05) is 3.57 Å². The lowest BCUT2D eigenvalue weighted by Gasteiger charge is -1.96. The number of rotatable bonds is 2. The maximum atomic E-state index is 10.3. The fraction of sp³-hybridized carbons (Fsp3) is 0.143. The van der Waals surface area contributed by atoms with Crippen LogP contribution >= 0.6 is 34.2 Å². The summed E-state index contributed by atoms with van der Waals surface area (Å²) in [5.41, 5.74) is 1.17. The van der Waals surface area contributed by atoms with E-state index in [2.05, 4.69) is 27.6 Å². The van der Waals surface area contributed by atoms with Gasteiger partial charge in [0.25, 0.3) is 0 Å². The molecule has 0 saturated heterocycles. The lowest BCUT2D eigenvalue weighted by molar-refractivity contribution is 0.111. The largest absolute Gasteiger partial charge is 0.296 e. The molecule has 11 heavy (non-hydrogen) atoms. The van der Waals surface area contributed by atoms with Crippen LogP contribution in [0.25, 0.3) is 0 Å². The van der Waals surface area contributed by atoms with Crippen molar-refractivity contribution in [2.24, 2.45) is 0 Å². The second kappa shape index (κ2) is 4.01. The SMILES string of the molecule is O=Cc1cc(I)cc(CCl)n1. The molecular formula is C7H5ClINO. The first-order valence-electron chi connectivity index (χ1n) is 2.94. The third-order valence-corrected chi connectivity index (χ3v) is 2.02. The molecule has 1 aromatic heterocycles. The Kier molecular flexibility index (Phi) is 3.26. The molecule has 2 nitrogen and oxygen atoms in total. The molecule has 0 spiro atoms. The van der Waals surface area contributed by atoms with Crippen LogP contribution in [-0.2, 0) is 5.88 Å². The Hall–Kier alpha value is -0.160. The Balaban J connectivity index is 3.11. The molecule has 0 aliphatic heterocycles. The minimum atomic E-state index is 0.345. The highest BCUT2D eigenvalue weighted by Crippen LogP contribution is 2.09. The van der Waals surface area contributed by atoms with E-state index >= 15 is 0 Å². The topological polar surface area (TPSA) is 30.0 Å².